The zero-order valence-electron chi connectivity index (χ0n) is 37.7. The lowest BCUT2D eigenvalue weighted by atomic mass is 10.1. The first kappa shape index (κ1) is 60.9. The van der Waals surface area contributed by atoms with Gasteiger partial charge in [0.25, 0.3) is 0 Å². The second kappa shape index (κ2) is 40.2. The molecule has 7 N–H and O–H groups in total. The monoisotopic (exact) mass is 946 g/mol. The Hall–Kier alpha value is -3.08. The highest BCUT2D eigenvalue weighted by atomic mass is 31.2. The summed E-state index contributed by atoms with van der Waals surface area (Å²) in [5.74, 6) is -1.44. The zero-order chi connectivity index (χ0) is 47.7. The van der Waals surface area contributed by atoms with Gasteiger partial charge >= 0.3 is 27.6 Å². The molecule has 0 saturated heterocycles. The van der Waals surface area contributed by atoms with Crippen molar-refractivity contribution < 1.29 is 76.9 Å². The highest BCUT2D eigenvalue weighted by Crippen LogP contribution is 2.43. The lowest BCUT2D eigenvalue weighted by Gasteiger charge is -2.21. The molecule has 0 spiro atoms. The van der Waals surface area contributed by atoms with Gasteiger partial charge in [0.1, 0.15) is 12.7 Å². The smallest absolute Gasteiger partial charge is 0.462 e. The largest absolute Gasteiger partial charge is 0.472 e. The van der Waals surface area contributed by atoms with Crippen molar-refractivity contribution in [3.05, 3.63) is 97.2 Å². The van der Waals surface area contributed by atoms with Gasteiger partial charge < -0.3 is 44.6 Å². The van der Waals surface area contributed by atoms with Gasteiger partial charge in [-0.2, -0.15) is 0 Å². The van der Waals surface area contributed by atoms with Gasteiger partial charge in [-0.15, -0.1) is 0 Å². The predicted octanol–water partition coefficient (Wildman–Crippen LogP) is 8.25. The molecule has 6 atom stereocenters. The number of hydrogen-bond acceptors (Lipinski definition) is 13. The lowest BCUT2D eigenvalue weighted by molar-refractivity contribution is -0.161. The molecule has 64 heavy (non-hydrogen) atoms. The summed E-state index contributed by atoms with van der Waals surface area (Å²) in [7, 11) is -9.84. The molecule has 0 amide bonds. The van der Waals surface area contributed by atoms with E-state index in [-0.39, 0.29) is 25.7 Å². The lowest BCUT2D eigenvalue weighted by Crippen LogP contribution is -2.30. The van der Waals surface area contributed by atoms with Crippen molar-refractivity contribution in [1.29, 1.82) is 0 Å². The number of ether oxygens (including phenoxy) is 2. The van der Waals surface area contributed by atoms with Crippen LogP contribution in [0, 0.1) is 0 Å². The van der Waals surface area contributed by atoms with Crippen LogP contribution in [0.5, 0.6) is 0 Å². The van der Waals surface area contributed by atoms with E-state index >= 15 is 0 Å². The quantitative estimate of drug-likeness (QED) is 0.0100. The number of phosphoric ester groups is 2. The van der Waals surface area contributed by atoms with Crippen LogP contribution in [0.1, 0.15) is 123 Å². The summed E-state index contributed by atoms with van der Waals surface area (Å²) in [6.07, 6.45) is 36.2. The van der Waals surface area contributed by atoms with Crippen LogP contribution < -0.4 is 0 Å². The summed E-state index contributed by atoms with van der Waals surface area (Å²) in [5.41, 5.74) is 0. The van der Waals surface area contributed by atoms with Gasteiger partial charge in [0.2, 0.25) is 0 Å². The minimum Gasteiger partial charge on any atom is -0.462 e. The fraction of sp³-hybridized carbons (Fsp3) is 0.609. The number of phosphoric acid groups is 2. The molecule has 16 nitrogen and oxygen atoms in total. The highest BCUT2D eigenvalue weighted by molar-refractivity contribution is 7.47. The average molecular weight is 947 g/mol. The van der Waals surface area contributed by atoms with Gasteiger partial charge in [0.05, 0.1) is 38.1 Å². The highest BCUT2D eigenvalue weighted by Gasteiger charge is 2.28. The van der Waals surface area contributed by atoms with E-state index in [1.807, 2.05) is 12.2 Å². The van der Waals surface area contributed by atoms with Crippen molar-refractivity contribution in [1.82, 2.24) is 0 Å². The third-order valence-corrected chi connectivity index (χ3v) is 10.2. The third kappa shape index (κ3) is 41.6. The average Bonchev–Trinajstić information content (AvgIpc) is 3.24. The van der Waals surface area contributed by atoms with E-state index in [0.717, 1.165) is 44.9 Å². The molecule has 0 radical (unpaired) electrons. The molecule has 0 saturated carbocycles. The second-order valence-corrected chi connectivity index (χ2v) is 17.5. The molecule has 0 heterocycles. The summed E-state index contributed by atoms with van der Waals surface area (Å²) < 4.78 is 47.5. The maximum absolute atomic E-state index is 12.7. The first-order valence-corrected chi connectivity index (χ1v) is 25.3. The number of rotatable bonds is 40. The number of hydrogen-bond donors (Lipinski definition) is 7. The van der Waals surface area contributed by atoms with Crippen molar-refractivity contribution in [2.45, 2.75) is 154 Å². The van der Waals surface area contributed by atoms with Gasteiger partial charge in [-0.3, -0.25) is 23.2 Å². The van der Waals surface area contributed by atoms with Crippen LogP contribution in [-0.4, -0.2) is 104 Å². The molecule has 0 aliphatic rings. The molecule has 0 rings (SSSR count). The Morgan fingerprint density at radius 1 is 0.547 bits per heavy atom. The summed E-state index contributed by atoms with van der Waals surface area (Å²) in [6, 6.07) is 0. The second-order valence-electron chi connectivity index (χ2n) is 14.8. The van der Waals surface area contributed by atoms with E-state index in [1.54, 1.807) is 42.5 Å². The number of esters is 2. The van der Waals surface area contributed by atoms with Gasteiger partial charge in [-0.05, 0) is 64.2 Å². The van der Waals surface area contributed by atoms with E-state index in [4.69, 9.17) is 23.8 Å². The van der Waals surface area contributed by atoms with Crippen molar-refractivity contribution in [3.8, 4) is 0 Å². The number of aliphatic hydroxyl groups is 4. The molecule has 0 fully saturated rings. The standard InChI is InChI=1S/C46H76O16P2/c1-3-5-7-8-9-10-11-12-13-14-15-16-17-18-19-24-28-34-45(51)58-38-42(39-61-64(56,57)60-37-41(48)36-59-63(53,54)55)62-46(52)35-29-33-44(50)43(49)32-27-23-21-20-22-26-31-40(47)30-25-6-4-2/h9-10,12-13,15-16,18-23,26-27,31-32,40-44,47-50H,3-8,11,14,17,24-25,28-30,33-39H2,1-2H3,(H,56,57)(H2,53,54,55)/b10-9-,13-12-,16-15-,19-18-,22-20-,23-21+,31-26+,32-27+/t40-,41-,42+,43-,44-/m0/s1. The molecule has 0 aromatic heterocycles. The molecular weight excluding hydrogens is 870 g/mol. The van der Waals surface area contributed by atoms with Crippen LogP contribution in [0.15, 0.2) is 97.2 Å². The fourth-order valence-corrected chi connectivity index (χ4v) is 6.41. The molecule has 0 aliphatic heterocycles. The van der Waals surface area contributed by atoms with Gasteiger partial charge in [-0.25, -0.2) is 9.13 Å². The van der Waals surface area contributed by atoms with Crippen molar-refractivity contribution in [2.24, 2.45) is 0 Å². The molecular formula is C46H76O16P2. The number of aliphatic hydroxyl groups excluding tert-OH is 4. The summed E-state index contributed by atoms with van der Waals surface area (Å²) in [4.78, 5) is 52.7. The predicted molar refractivity (Wildman–Crippen MR) is 248 cm³/mol. The Kier molecular flexibility index (Phi) is 38.3. The molecule has 0 aliphatic carbocycles. The summed E-state index contributed by atoms with van der Waals surface area (Å²) in [6.45, 7) is 1.15. The van der Waals surface area contributed by atoms with Crippen molar-refractivity contribution in [2.75, 3.05) is 26.4 Å². The molecule has 366 valence electrons. The van der Waals surface area contributed by atoms with E-state index in [2.05, 4.69) is 59.4 Å². The van der Waals surface area contributed by atoms with Crippen LogP contribution in [0.4, 0.5) is 0 Å². The van der Waals surface area contributed by atoms with Crippen LogP contribution >= 0.6 is 15.6 Å². The van der Waals surface area contributed by atoms with E-state index in [1.165, 1.54) is 25.3 Å². The number of unbranched alkanes of at least 4 members (excludes halogenated alkanes) is 6. The minimum atomic E-state index is -4.92. The SMILES string of the molecule is CCCCC/C=C\C/C=C\C/C=C\C/C=C\CCCC(=O)OC[C@H](COP(=O)(O)OC[C@@H](O)COP(=O)(O)O)OC(=O)CCC[C@H](O)[C@@H](O)/C=C/C=C/C=C\C=C\[C@@H](O)CCCCC. The van der Waals surface area contributed by atoms with E-state index < -0.39 is 84.5 Å². The Morgan fingerprint density at radius 2 is 1.06 bits per heavy atom. The topological polar surface area (TPSA) is 256 Å². The van der Waals surface area contributed by atoms with Crippen LogP contribution in [0.3, 0.4) is 0 Å². The van der Waals surface area contributed by atoms with Crippen molar-refractivity contribution in [3.63, 3.8) is 0 Å². The van der Waals surface area contributed by atoms with Crippen molar-refractivity contribution >= 4 is 27.6 Å². The van der Waals surface area contributed by atoms with Gasteiger partial charge in [0, 0.05) is 12.8 Å². The van der Waals surface area contributed by atoms with E-state index in [0.29, 0.717) is 19.3 Å². The minimum absolute atomic E-state index is 0.0128. The zero-order valence-corrected chi connectivity index (χ0v) is 39.5. The summed E-state index contributed by atoms with van der Waals surface area (Å²) in [5, 5.41) is 40.3. The molecule has 0 aromatic rings. The van der Waals surface area contributed by atoms with Crippen LogP contribution in [0.25, 0.3) is 0 Å². The van der Waals surface area contributed by atoms with Crippen LogP contribution in [0.2, 0.25) is 0 Å². The van der Waals surface area contributed by atoms with Gasteiger partial charge in [-0.1, -0.05) is 143 Å². The Bertz CT molecular complexity index is 1550. The Morgan fingerprint density at radius 3 is 1.67 bits per heavy atom. The normalized spacial score (nSPS) is 16.3. The van der Waals surface area contributed by atoms with Gasteiger partial charge in [0.15, 0.2) is 6.10 Å². The van der Waals surface area contributed by atoms with Crippen LogP contribution in [-0.2, 0) is 41.8 Å². The maximum Gasteiger partial charge on any atom is 0.472 e. The Labute approximate surface area is 380 Å². The number of allylic oxidation sites excluding steroid dienone is 14. The maximum atomic E-state index is 12.7. The first-order valence-electron chi connectivity index (χ1n) is 22.3. The molecule has 0 bridgehead atoms. The first-order chi connectivity index (χ1) is 30.6. The summed E-state index contributed by atoms with van der Waals surface area (Å²) >= 11 is 0. The third-order valence-electron chi connectivity index (χ3n) is 8.80. The molecule has 1 unspecified atom stereocenters. The van der Waals surface area contributed by atoms with E-state index in [9.17, 15) is 44.0 Å². The number of carbonyl (C=O) groups excluding carboxylic acids is 2. The molecule has 0 aromatic carbocycles. The fourth-order valence-electron chi connectivity index (χ4n) is 5.25. The molecule has 18 heteroatoms. The number of carbonyl (C=O) groups is 2. The Balaban J connectivity index is 4.94.